The van der Waals surface area contributed by atoms with E-state index < -0.39 is 12.2 Å². The third-order valence-electron chi connectivity index (χ3n) is 2.77. The summed E-state index contributed by atoms with van der Waals surface area (Å²) in [6, 6.07) is 0. The summed E-state index contributed by atoms with van der Waals surface area (Å²) in [5, 5.41) is 5.03. The number of rotatable bonds is 15. The Morgan fingerprint density at radius 2 is 1.28 bits per heavy atom. The minimum atomic E-state index is -0.574. The molecule has 0 unspecified atom stereocenters. The molecule has 0 bridgehead atoms. The maximum atomic E-state index is 11.4. The van der Waals surface area contributed by atoms with E-state index in [9.17, 15) is 9.59 Å². The highest BCUT2D eigenvalue weighted by Gasteiger charge is 2.04. The summed E-state index contributed by atoms with van der Waals surface area (Å²) in [6.07, 6.45) is -0.256. The van der Waals surface area contributed by atoms with Gasteiger partial charge in [-0.05, 0) is 12.3 Å². The van der Waals surface area contributed by atoms with Gasteiger partial charge in [0.25, 0.3) is 0 Å². The van der Waals surface area contributed by atoms with Crippen LogP contribution in [0.25, 0.3) is 0 Å². The first-order chi connectivity index (χ1) is 12.1. The monoisotopic (exact) mass is 365 g/mol. The first-order valence-corrected chi connectivity index (χ1v) is 8.34. The minimum Gasteiger partial charge on any atom is -0.450 e. The SMILES string of the molecule is CC(C)CCOC(=O)NCCNC(=O)OCCOCCOCCON. The first-order valence-electron chi connectivity index (χ1n) is 8.34. The lowest BCUT2D eigenvalue weighted by molar-refractivity contribution is 0.00546. The number of amides is 2. The summed E-state index contributed by atoms with van der Waals surface area (Å²) in [7, 11) is 0. The van der Waals surface area contributed by atoms with Crippen LogP contribution in [0.3, 0.4) is 0 Å². The van der Waals surface area contributed by atoms with E-state index in [1.165, 1.54) is 0 Å². The Kier molecular flexibility index (Phi) is 16.1. The van der Waals surface area contributed by atoms with Crippen LogP contribution < -0.4 is 16.5 Å². The average Bonchev–Trinajstić information content (AvgIpc) is 2.57. The van der Waals surface area contributed by atoms with Crippen molar-refractivity contribution in [2.75, 3.05) is 59.3 Å². The van der Waals surface area contributed by atoms with Gasteiger partial charge in [0.05, 0.1) is 39.6 Å². The molecule has 0 aromatic heterocycles. The van der Waals surface area contributed by atoms with Crippen molar-refractivity contribution < 1.29 is 33.4 Å². The molecule has 0 saturated heterocycles. The lowest BCUT2D eigenvalue weighted by Gasteiger charge is -2.10. The zero-order chi connectivity index (χ0) is 18.8. The maximum Gasteiger partial charge on any atom is 0.407 e. The summed E-state index contributed by atoms with van der Waals surface area (Å²) in [6.45, 7) is 6.91. The van der Waals surface area contributed by atoms with Crippen molar-refractivity contribution in [2.45, 2.75) is 20.3 Å². The van der Waals surface area contributed by atoms with Crippen molar-refractivity contribution in [3.05, 3.63) is 0 Å². The number of alkyl carbamates (subject to hydrolysis) is 2. The van der Waals surface area contributed by atoms with E-state index in [4.69, 9.17) is 24.8 Å². The summed E-state index contributed by atoms with van der Waals surface area (Å²) in [5.41, 5.74) is 0. The summed E-state index contributed by atoms with van der Waals surface area (Å²) in [5.74, 6) is 5.31. The molecular weight excluding hydrogens is 334 g/mol. The van der Waals surface area contributed by atoms with Gasteiger partial charge in [-0.15, -0.1) is 0 Å². The first kappa shape index (κ1) is 23.4. The van der Waals surface area contributed by atoms with Crippen molar-refractivity contribution in [1.29, 1.82) is 0 Å². The van der Waals surface area contributed by atoms with E-state index in [2.05, 4.69) is 29.3 Å². The Bertz CT molecular complexity index is 343. The zero-order valence-electron chi connectivity index (χ0n) is 15.1. The molecule has 4 N–H and O–H groups in total. The molecule has 10 nitrogen and oxygen atoms in total. The topological polar surface area (TPSA) is 130 Å². The van der Waals surface area contributed by atoms with Crippen LogP contribution in [-0.2, 0) is 23.8 Å². The summed E-state index contributed by atoms with van der Waals surface area (Å²) < 4.78 is 20.2. The van der Waals surface area contributed by atoms with Crippen LogP contribution in [0.1, 0.15) is 20.3 Å². The molecule has 0 atom stereocenters. The Morgan fingerprint density at radius 1 is 0.800 bits per heavy atom. The molecule has 0 aliphatic heterocycles. The molecule has 0 radical (unpaired) electrons. The third kappa shape index (κ3) is 18.6. The van der Waals surface area contributed by atoms with Gasteiger partial charge in [-0.25, -0.2) is 15.5 Å². The normalized spacial score (nSPS) is 10.6. The molecule has 0 heterocycles. The lowest BCUT2D eigenvalue weighted by Crippen LogP contribution is -2.35. The maximum absolute atomic E-state index is 11.4. The fourth-order valence-corrected chi connectivity index (χ4v) is 1.44. The highest BCUT2D eigenvalue weighted by atomic mass is 16.6. The second-order valence-corrected chi connectivity index (χ2v) is 5.40. The fourth-order valence-electron chi connectivity index (χ4n) is 1.44. The van der Waals surface area contributed by atoms with Crippen LogP contribution in [0.2, 0.25) is 0 Å². The van der Waals surface area contributed by atoms with Gasteiger partial charge in [0, 0.05) is 13.1 Å². The number of hydrogen-bond donors (Lipinski definition) is 3. The van der Waals surface area contributed by atoms with E-state index in [-0.39, 0.29) is 26.3 Å². The van der Waals surface area contributed by atoms with Crippen LogP contribution in [0.5, 0.6) is 0 Å². The number of nitrogens with two attached hydrogens (primary N) is 1. The predicted octanol–water partition coefficient (Wildman–Crippen LogP) is 0.408. The van der Waals surface area contributed by atoms with Gasteiger partial charge < -0.3 is 34.4 Å². The molecule has 2 amide bonds. The quantitative estimate of drug-likeness (QED) is 0.281. The summed E-state index contributed by atoms with van der Waals surface area (Å²) in [4.78, 5) is 27.0. The molecule has 0 rings (SSSR count). The average molecular weight is 365 g/mol. The molecule has 25 heavy (non-hydrogen) atoms. The van der Waals surface area contributed by atoms with E-state index in [0.717, 1.165) is 6.42 Å². The Hall–Kier alpha value is -1.62. The number of carbonyl (C=O) groups excluding carboxylic acids is 2. The van der Waals surface area contributed by atoms with Gasteiger partial charge >= 0.3 is 12.2 Å². The number of hydrogen-bond acceptors (Lipinski definition) is 8. The molecule has 10 heteroatoms. The van der Waals surface area contributed by atoms with Crippen LogP contribution >= 0.6 is 0 Å². The van der Waals surface area contributed by atoms with Gasteiger partial charge in [-0.1, -0.05) is 13.8 Å². The standard InChI is InChI=1S/C15H31N3O7/c1-13(2)3-6-23-14(19)17-4-5-18-15(20)24-11-9-21-7-8-22-10-12-25-16/h13H,3-12,16H2,1-2H3,(H,17,19)(H,18,20). The number of nitrogens with one attached hydrogen (secondary N) is 2. The van der Waals surface area contributed by atoms with Gasteiger partial charge in [0.2, 0.25) is 0 Å². The third-order valence-corrected chi connectivity index (χ3v) is 2.77. The molecular formula is C15H31N3O7. The van der Waals surface area contributed by atoms with E-state index in [1.54, 1.807) is 0 Å². The molecule has 0 aliphatic carbocycles. The van der Waals surface area contributed by atoms with E-state index in [0.29, 0.717) is 39.0 Å². The lowest BCUT2D eigenvalue weighted by atomic mass is 10.1. The minimum absolute atomic E-state index is 0.127. The number of carbonyl (C=O) groups is 2. The highest BCUT2D eigenvalue weighted by molar-refractivity contribution is 5.68. The highest BCUT2D eigenvalue weighted by Crippen LogP contribution is 1.98. The van der Waals surface area contributed by atoms with Crippen molar-refractivity contribution in [3.63, 3.8) is 0 Å². The van der Waals surface area contributed by atoms with Crippen LogP contribution in [-0.4, -0.2) is 71.5 Å². The smallest absolute Gasteiger partial charge is 0.407 e. The molecule has 0 aliphatic rings. The summed E-state index contributed by atoms with van der Waals surface area (Å²) >= 11 is 0. The molecule has 0 fully saturated rings. The second-order valence-electron chi connectivity index (χ2n) is 5.40. The largest absolute Gasteiger partial charge is 0.450 e. The Labute approximate surface area is 148 Å². The molecule has 0 spiro atoms. The molecule has 148 valence electrons. The van der Waals surface area contributed by atoms with Gasteiger partial charge in [-0.2, -0.15) is 0 Å². The Balaban J connectivity index is 3.32. The predicted molar refractivity (Wildman–Crippen MR) is 89.9 cm³/mol. The molecule has 0 aromatic carbocycles. The van der Waals surface area contributed by atoms with Crippen molar-refractivity contribution in [2.24, 2.45) is 11.8 Å². The number of ether oxygens (including phenoxy) is 4. The zero-order valence-corrected chi connectivity index (χ0v) is 15.1. The van der Waals surface area contributed by atoms with Crippen molar-refractivity contribution >= 4 is 12.2 Å². The molecule has 0 saturated carbocycles. The van der Waals surface area contributed by atoms with E-state index in [1.807, 2.05) is 0 Å². The van der Waals surface area contributed by atoms with Crippen molar-refractivity contribution in [3.8, 4) is 0 Å². The van der Waals surface area contributed by atoms with Crippen LogP contribution in [0, 0.1) is 5.92 Å². The molecule has 0 aromatic rings. The van der Waals surface area contributed by atoms with Gasteiger partial charge in [-0.3, -0.25) is 0 Å². The van der Waals surface area contributed by atoms with Gasteiger partial charge in [0.1, 0.15) is 6.61 Å². The van der Waals surface area contributed by atoms with Gasteiger partial charge in [0.15, 0.2) is 0 Å². The van der Waals surface area contributed by atoms with Crippen LogP contribution in [0.15, 0.2) is 0 Å². The second kappa shape index (κ2) is 17.2. The Morgan fingerprint density at radius 3 is 1.80 bits per heavy atom. The van der Waals surface area contributed by atoms with Crippen molar-refractivity contribution in [1.82, 2.24) is 10.6 Å². The van der Waals surface area contributed by atoms with Crippen LogP contribution in [0.4, 0.5) is 9.59 Å². The fraction of sp³-hybridized carbons (Fsp3) is 0.867. The van der Waals surface area contributed by atoms with E-state index >= 15 is 0 Å².